The third-order valence-electron chi connectivity index (χ3n) is 6.85. The standard InChI is InChI=1S/C29H46O5/c1-22(2)13-10-14-23(3)15-11-16-24(4)17-12-20-29(6,27-21-31-25(5)32-27)34-28(30)33-26-18-8-7-9-19-26/h7-9,18-19,22-24,27H,5,10-17,20-21H2,1-4,6H3. The van der Waals surface area contributed by atoms with E-state index in [9.17, 15) is 4.79 Å². The van der Waals surface area contributed by atoms with Gasteiger partial charge in [0.2, 0.25) is 0 Å². The van der Waals surface area contributed by atoms with Crippen molar-refractivity contribution in [2.24, 2.45) is 17.8 Å². The normalized spacial score (nSPS) is 19.1. The molecule has 0 spiro atoms. The largest absolute Gasteiger partial charge is 0.514 e. The van der Waals surface area contributed by atoms with E-state index in [2.05, 4.69) is 34.3 Å². The molecule has 34 heavy (non-hydrogen) atoms. The molecule has 1 aromatic rings. The lowest BCUT2D eigenvalue weighted by Crippen LogP contribution is -2.45. The highest BCUT2D eigenvalue weighted by Gasteiger charge is 2.44. The second kappa shape index (κ2) is 14.3. The first-order valence-electron chi connectivity index (χ1n) is 13.1. The molecule has 192 valence electrons. The van der Waals surface area contributed by atoms with Gasteiger partial charge in [0.05, 0.1) is 0 Å². The molecule has 5 nitrogen and oxygen atoms in total. The van der Waals surface area contributed by atoms with E-state index < -0.39 is 17.9 Å². The molecule has 0 N–H and O–H groups in total. The van der Waals surface area contributed by atoms with Gasteiger partial charge >= 0.3 is 6.16 Å². The Morgan fingerprint density at radius 3 is 2.15 bits per heavy atom. The SMILES string of the molecule is C=C1OCC(C(C)(CCCC(C)CCCC(C)CCCC(C)C)OC(=O)Oc2ccccc2)O1. The minimum atomic E-state index is -0.851. The average Bonchev–Trinajstić information content (AvgIpc) is 3.21. The molecule has 0 aromatic heterocycles. The third kappa shape index (κ3) is 10.4. The van der Waals surface area contributed by atoms with E-state index in [1.54, 1.807) is 12.1 Å². The quantitative estimate of drug-likeness (QED) is 0.189. The molecule has 0 aliphatic carbocycles. The minimum absolute atomic E-state index is 0.270. The molecule has 4 atom stereocenters. The van der Waals surface area contributed by atoms with Crippen LogP contribution in [0.1, 0.15) is 92.4 Å². The predicted octanol–water partition coefficient (Wildman–Crippen LogP) is 8.29. The van der Waals surface area contributed by atoms with Crippen molar-refractivity contribution in [3.8, 4) is 5.75 Å². The van der Waals surface area contributed by atoms with Gasteiger partial charge in [-0.2, -0.15) is 0 Å². The first-order chi connectivity index (χ1) is 16.2. The Labute approximate surface area is 207 Å². The van der Waals surface area contributed by atoms with Crippen molar-refractivity contribution in [3.05, 3.63) is 42.9 Å². The monoisotopic (exact) mass is 474 g/mol. The van der Waals surface area contributed by atoms with Crippen molar-refractivity contribution in [3.63, 3.8) is 0 Å². The molecule has 1 fully saturated rings. The van der Waals surface area contributed by atoms with Crippen LogP contribution < -0.4 is 4.74 Å². The van der Waals surface area contributed by atoms with Crippen molar-refractivity contribution in [1.82, 2.24) is 0 Å². The van der Waals surface area contributed by atoms with Crippen molar-refractivity contribution >= 4 is 6.16 Å². The highest BCUT2D eigenvalue weighted by Crippen LogP contribution is 2.33. The van der Waals surface area contributed by atoms with Crippen LogP contribution in [0.5, 0.6) is 5.75 Å². The first kappa shape index (κ1) is 28.1. The number of para-hydroxylation sites is 1. The molecule has 1 aromatic carbocycles. The zero-order valence-corrected chi connectivity index (χ0v) is 22.0. The highest BCUT2D eigenvalue weighted by molar-refractivity contribution is 5.64. The summed E-state index contributed by atoms with van der Waals surface area (Å²) in [6.07, 6.45) is 9.43. The second-order valence-corrected chi connectivity index (χ2v) is 10.7. The summed E-state index contributed by atoms with van der Waals surface area (Å²) >= 11 is 0. The Bertz CT molecular complexity index is 731. The van der Waals surface area contributed by atoms with E-state index in [4.69, 9.17) is 18.9 Å². The maximum absolute atomic E-state index is 12.5. The number of benzene rings is 1. The zero-order chi connectivity index (χ0) is 25.0. The number of ether oxygens (including phenoxy) is 4. The summed E-state index contributed by atoms with van der Waals surface area (Å²) in [5, 5.41) is 0. The van der Waals surface area contributed by atoms with E-state index in [0.29, 0.717) is 24.7 Å². The predicted molar refractivity (Wildman–Crippen MR) is 137 cm³/mol. The van der Waals surface area contributed by atoms with Crippen LogP contribution in [0, 0.1) is 17.8 Å². The summed E-state index contributed by atoms with van der Waals surface area (Å²) < 4.78 is 22.3. The van der Waals surface area contributed by atoms with Crippen LogP contribution >= 0.6 is 0 Å². The maximum Gasteiger partial charge on any atom is 0.514 e. The summed E-state index contributed by atoms with van der Waals surface area (Å²) in [7, 11) is 0. The summed E-state index contributed by atoms with van der Waals surface area (Å²) in [5.74, 6) is 2.98. The van der Waals surface area contributed by atoms with Gasteiger partial charge in [-0.1, -0.05) is 90.8 Å². The fourth-order valence-corrected chi connectivity index (χ4v) is 4.55. The molecule has 4 unspecified atom stereocenters. The molecular formula is C29H46O5. The fraction of sp³-hybridized carbons (Fsp3) is 0.690. The van der Waals surface area contributed by atoms with E-state index in [1.165, 1.54) is 38.5 Å². The summed E-state index contributed by atoms with van der Waals surface area (Å²) in [6, 6.07) is 8.94. The van der Waals surface area contributed by atoms with Gasteiger partial charge in [-0.15, -0.1) is 0 Å². The van der Waals surface area contributed by atoms with Gasteiger partial charge in [-0.3, -0.25) is 0 Å². The average molecular weight is 475 g/mol. The van der Waals surface area contributed by atoms with Gasteiger partial charge in [0.25, 0.3) is 5.95 Å². The minimum Gasteiger partial charge on any atom is -0.462 e. The second-order valence-electron chi connectivity index (χ2n) is 10.7. The van der Waals surface area contributed by atoms with Crippen molar-refractivity contribution in [2.75, 3.05) is 6.61 Å². The van der Waals surface area contributed by atoms with Crippen LogP contribution in [0.15, 0.2) is 42.9 Å². The van der Waals surface area contributed by atoms with Gasteiger partial charge in [0.15, 0.2) is 11.7 Å². The molecule has 0 amide bonds. The van der Waals surface area contributed by atoms with Crippen LogP contribution in [0.3, 0.4) is 0 Å². The topological polar surface area (TPSA) is 54.0 Å². The zero-order valence-electron chi connectivity index (χ0n) is 22.0. The highest BCUT2D eigenvalue weighted by atomic mass is 16.8. The molecule has 1 saturated heterocycles. The summed E-state index contributed by atoms with van der Waals surface area (Å²) in [6.45, 7) is 15.3. The van der Waals surface area contributed by atoms with Gasteiger partial charge in [-0.25, -0.2) is 4.79 Å². The lowest BCUT2D eigenvalue weighted by Gasteiger charge is -2.32. The molecule has 5 heteroatoms. The van der Waals surface area contributed by atoms with Crippen LogP contribution in [-0.2, 0) is 14.2 Å². The van der Waals surface area contributed by atoms with Gasteiger partial charge in [0, 0.05) is 0 Å². The Kier molecular flexibility index (Phi) is 11.8. The number of hydrogen-bond donors (Lipinski definition) is 0. The van der Waals surface area contributed by atoms with Gasteiger partial charge < -0.3 is 18.9 Å². The van der Waals surface area contributed by atoms with Crippen LogP contribution in [0.4, 0.5) is 4.79 Å². The molecule has 0 saturated carbocycles. The van der Waals surface area contributed by atoms with E-state index in [0.717, 1.165) is 24.7 Å². The lowest BCUT2D eigenvalue weighted by atomic mass is 9.88. The number of hydrogen-bond acceptors (Lipinski definition) is 5. The van der Waals surface area contributed by atoms with Crippen molar-refractivity contribution < 1.29 is 23.7 Å². The maximum atomic E-state index is 12.5. The molecule has 2 rings (SSSR count). The third-order valence-corrected chi connectivity index (χ3v) is 6.85. The van der Waals surface area contributed by atoms with Gasteiger partial charge in [0.1, 0.15) is 12.4 Å². The van der Waals surface area contributed by atoms with Crippen molar-refractivity contribution in [2.45, 2.75) is 104 Å². The molecule has 1 aliphatic heterocycles. The lowest BCUT2D eigenvalue weighted by molar-refractivity contribution is -0.0817. The van der Waals surface area contributed by atoms with E-state index in [-0.39, 0.29) is 5.95 Å². The van der Waals surface area contributed by atoms with E-state index in [1.807, 2.05) is 25.1 Å². The first-order valence-corrected chi connectivity index (χ1v) is 13.1. The Morgan fingerprint density at radius 2 is 1.59 bits per heavy atom. The smallest absolute Gasteiger partial charge is 0.462 e. The van der Waals surface area contributed by atoms with Crippen molar-refractivity contribution in [1.29, 1.82) is 0 Å². The number of carbonyl (C=O) groups is 1. The Balaban J connectivity index is 1.77. The van der Waals surface area contributed by atoms with Gasteiger partial charge in [-0.05, 0) is 56.2 Å². The number of carbonyl (C=O) groups excluding carboxylic acids is 1. The van der Waals surface area contributed by atoms with Crippen LogP contribution in [0.25, 0.3) is 0 Å². The Morgan fingerprint density at radius 1 is 1.00 bits per heavy atom. The summed E-state index contributed by atoms with van der Waals surface area (Å²) in [4.78, 5) is 12.5. The molecular weight excluding hydrogens is 428 g/mol. The summed E-state index contributed by atoms with van der Waals surface area (Å²) in [5.41, 5.74) is -0.851. The van der Waals surface area contributed by atoms with Crippen LogP contribution in [-0.4, -0.2) is 24.5 Å². The fourth-order valence-electron chi connectivity index (χ4n) is 4.55. The Hall–Kier alpha value is -2.17. The molecule has 1 aliphatic rings. The number of rotatable bonds is 15. The van der Waals surface area contributed by atoms with Crippen LogP contribution in [0.2, 0.25) is 0 Å². The molecule has 0 radical (unpaired) electrons. The molecule has 1 heterocycles. The molecule has 0 bridgehead atoms. The van der Waals surface area contributed by atoms with E-state index >= 15 is 0 Å².